The van der Waals surface area contributed by atoms with Crippen molar-refractivity contribution in [3.8, 4) is 5.75 Å². The van der Waals surface area contributed by atoms with Crippen LogP contribution in [-0.4, -0.2) is 30.5 Å². The van der Waals surface area contributed by atoms with Gasteiger partial charge < -0.3 is 15.4 Å². The zero-order valence-corrected chi connectivity index (χ0v) is 13.3. The van der Waals surface area contributed by atoms with Gasteiger partial charge in [0.25, 0.3) is 5.91 Å². The summed E-state index contributed by atoms with van der Waals surface area (Å²) in [6.07, 6.45) is 4.67. The molecule has 0 aliphatic heterocycles. The molecular weight excluding hydrogens is 264 g/mol. The minimum absolute atomic E-state index is 0.0879. The van der Waals surface area contributed by atoms with E-state index in [1.807, 2.05) is 4.90 Å². The number of nitrogens with two attached hydrogens (primary N) is 1. The molecule has 1 saturated carbocycles. The fraction of sp³-hybridized carbons (Fsp3) is 0.588. The van der Waals surface area contributed by atoms with Gasteiger partial charge in [0.15, 0.2) is 0 Å². The zero-order chi connectivity index (χ0) is 15.4. The van der Waals surface area contributed by atoms with Gasteiger partial charge in [0.05, 0.1) is 12.8 Å². The number of carbonyl (C=O) groups is 1. The molecular formula is C17H26N2O2. The monoisotopic (exact) mass is 290 g/mol. The number of nitrogen functional groups attached to an aromatic ring is 1. The van der Waals surface area contributed by atoms with Crippen LogP contribution in [0.1, 0.15) is 49.9 Å². The summed E-state index contributed by atoms with van der Waals surface area (Å²) >= 11 is 0. The summed E-state index contributed by atoms with van der Waals surface area (Å²) in [5.74, 6) is 1.16. The van der Waals surface area contributed by atoms with Crippen LogP contribution in [0, 0.1) is 5.92 Å². The molecule has 0 radical (unpaired) electrons. The van der Waals surface area contributed by atoms with Crippen molar-refractivity contribution in [3.63, 3.8) is 0 Å². The molecule has 0 bridgehead atoms. The van der Waals surface area contributed by atoms with E-state index < -0.39 is 0 Å². The molecule has 4 heteroatoms. The van der Waals surface area contributed by atoms with Crippen LogP contribution >= 0.6 is 0 Å². The third-order valence-corrected chi connectivity index (χ3v) is 4.06. The van der Waals surface area contributed by atoms with Crippen LogP contribution in [0.15, 0.2) is 18.2 Å². The first-order valence-electron chi connectivity index (χ1n) is 7.77. The van der Waals surface area contributed by atoms with Crippen molar-refractivity contribution in [1.82, 2.24) is 4.90 Å². The summed E-state index contributed by atoms with van der Waals surface area (Å²) < 4.78 is 5.15. The summed E-state index contributed by atoms with van der Waals surface area (Å²) in [4.78, 5) is 14.9. The average molecular weight is 290 g/mol. The number of ether oxygens (including phenoxy) is 1. The van der Waals surface area contributed by atoms with Gasteiger partial charge in [-0.2, -0.15) is 0 Å². The minimum Gasteiger partial charge on any atom is -0.495 e. The quantitative estimate of drug-likeness (QED) is 0.846. The molecule has 1 fully saturated rings. The number of nitrogens with zero attached hydrogens (tertiary/aromatic N) is 1. The molecule has 4 nitrogen and oxygen atoms in total. The van der Waals surface area contributed by atoms with Gasteiger partial charge in [0.2, 0.25) is 0 Å². The summed E-state index contributed by atoms with van der Waals surface area (Å²) in [6, 6.07) is 5.68. The van der Waals surface area contributed by atoms with E-state index in [4.69, 9.17) is 10.5 Å². The molecule has 1 aliphatic carbocycles. The zero-order valence-electron chi connectivity index (χ0n) is 13.3. The first-order valence-corrected chi connectivity index (χ1v) is 7.77. The summed E-state index contributed by atoms with van der Waals surface area (Å²) in [6.45, 7) is 5.10. The molecule has 0 heterocycles. The number of hydrogen-bond donors (Lipinski definition) is 1. The second-order valence-electron chi connectivity index (χ2n) is 6.25. The van der Waals surface area contributed by atoms with E-state index in [1.165, 1.54) is 12.8 Å². The smallest absolute Gasteiger partial charge is 0.254 e. The summed E-state index contributed by atoms with van der Waals surface area (Å²) in [5, 5.41) is 0. The molecule has 1 aromatic carbocycles. The second kappa shape index (κ2) is 6.83. The first kappa shape index (κ1) is 15.7. The van der Waals surface area contributed by atoms with Crippen molar-refractivity contribution in [3.05, 3.63) is 23.8 Å². The lowest BCUT2D eigenvalue weighted by atomic mass is 10.1. The van der Waals surface area contributed by atoms with Crippen LogP contribution in [0.2, 0.25) is 0 Å². The molecule has 1 aromatic rings. The van der Waals surface area contributed by atoms with Gasteiger partial charge in [-0.05, 0) is 37.0 Å². The lowest BCUT2D eigenvalue weighted by Gasteiger charge is -2.31. The molecule has 0 atom stereocenters. The predicted octanol–water partition coefficient (Wildman–Crippen LogP) is 3.32. The number of amides is 1. The average Bonchev–Trinajstić information content (AvgIpc) is 2.97. The summed E-state index contributed by atoms with van der Waals surface area (Å²) in [5.41, 5.74) is 7.10. The molecule has 0 aromatic heterocycles. The predicted molar refractivity (Wildman–Crippen MR) is 85.5 cm³/mol. The molecule has 2 rings (SSSR count). The minimum atomic E-state index is 0.0879. The lowest BCUT2D eigenvalue weighted by Crippen LogP contribution is -2.41. The van der Waals surface area contributed by atoms with Gasteiger partial charge in [-0.1, -0.05) is 26.7 Å². The number of methoxy groups -OCH3 is 1. The Hall–Kier alpha value is -1.71. The van der Waals surface area contributed by atoms with Crippen LogP contribution in [0.3, 0.4) is 0 Å². The second-order valence-corrected chi connectivity index (χ2v) is 6.25. The van der Waals surface area contributed by atoms with E-state index in [2.05, 4.69) is 13.8 Å². The fourth-order valence-electron chi connectivity index (χ4n) is 3.04. The van der Waals surface area contributed by atoms with Crippen LogP contribution in [0.25, 0.3) is 0 Å². The highest BCUT2D eigenvalue weighted by atomic mass is 16.5. The van der Waals surface area contributed by atoms with Crippen molar-refractivity contribution in [2.75, 3.05) is 19.4 Å². The van der Waals surface area contributed by atoms with Crippen LogP contribution in [-0.2, 0) is 0 Å². The Kier molecular flexibility index (Phi) is 5.10. The van der Waals surface area contributed by atoms with Crippen molar-refractivity contribution in [1.29, 1.82) is 0 Å². The molecule has 0 unspecified atom stereocenters. The number of hydrogen-bond acceptors (Lipinski definition) is 3. The van der Waals surface area contributed by atoms with Gasteiger partial charge in [0.1, 0.15) is 5.75 Å². The van der Waals surface area contributed by atoms with E-state index in [9.17, 15) is 4.79 Å². The Morgan fingerprint density at radius 3 is 2.57 bits per heavy atom. The Morgan fingerprint density at radius 1 is 1.38 bits per heavy atom. The molecule has 1 amide bonds. The van der Waals surface area contributed by atoms with Gasteiger partial charge in [-0.25, -0.2) is 0 Å². The SMILES string of the molecule is COc1ccc(C(=O)N(CC(C)C)C2CCCC2)cc1N. The molecule has 1 aliphatic rings. The first-order chi connectivity index (χ1) is 10.0. The molecule has 0 spiro atoms. The van der Waals surface area contributed by atoms with Gasteiger partial charge in [-0.15, -0.1) is 0 Å². The Labute approximate surface area is 127 Å². The fourth-order valence-corrected chi connectivity index (χ4v) is 3.04. The van der Waals surface area contributed by atoms with Crippen molar-refractivity contribution in [2.45, 2.75) is 45.6 Å². The van der Waals surface area contributed by atoms with E-state index in [1.54, 1.807) is 25.3 Å². The maximum atomic E-state index is 12.8. The topological polar surface area (TPSA) is 55.6 Å². The van der Waals surface area contributed by atoms with Gasteiger partial charge in [0, 0.05) is 18.2 Å². The van der Waals surface area contributed by atoms with E-state index >= 15 is 0 Å². The highest BCUT2D eigenvalue weighted by molar-refractivity contribution is 5.95. The highest BCUT2D eigenvalue weighted by Crippen LogP contribution is 2.28. The van der Waals surface area contributed by atoms with Crippen molar-refractivity contribution < 1.29 is 9.53 Å². The van der Waals surface area contributed by atoms with Gasteiger partial charge >= 0.3 is 0 Å². The maximum absolute atomic E-state index is 12.8. The molecule has 116 valence electrons. The van der Waals surface area contributed by atoms with E-state index in [0.717, 1.165) is 19.4 Å². The largest absolute Gasteiger partial charge is 0.495 e. The molecule has 2 N–H and O–H groups in total. The van der Waals surface area contributed by atoms with E-state index in [0.29, 0.717) is 29.0 Å². The number of rotatable bonds is 5. The Bertz CT molecular complexity index is 494. The van der Waals surface area contributed by atoms with Crippen molar-refractivity contribution in [2.24, 2.45) is 5.92 Å². The third-order valence-electron chi connectivity index (χ3n) is 4.06. The summed E-state index contributed by atoms with van der Waals surface area (Å²) in [7, 11) is 1.58. The normalized spacial score (nSPS) is 15.4. The van der Waals surface area contributed by atoms with E-state index in [-0.39, 0.29) is 5.91 Å². The van der Waals surface area contributed by atoms with Crippen LogP contribution in [0.5, 0.6) is 5.75 Å². The number of benzene rings is 1. The van der Waals surface area contributed by atoms with Crippen molar-refractivity contribution >= 4 is 11.6 Å². The number of anilines is 1. The maximum Gasteiger partial charge on any atom is 0.254 e. The Morgan fingerprint density at radius 2 is 2.05 bits per heavy atom. The van der Waals surface area contributed by atoms with Gasteiger partial charge in [-0.3, -0.25) is 4.79 Å². The standard InChI is InChI=1S/C17H26N2O2/c1-12(2)11-19(14-6-4-5-7-14)17(20)13-8-9-16(21-3)15(18)10-13/h8-10,12,14H,4-7,11,18H2,1-3H3. The van der Waals surface area contributed by atoms with Crippen LogP contribution < -0.4 is 10.5 Å². The highest BCUT2D eigenvalue weighted by Gasteiger charge is 2.28. The lowest BCUT2D eigenvalue weighted by molar-refractivity contribution is 0.0655. The van der Waals surface area contributed by atoms with Crippen LogP contribution in [0.4, 0.5) is 5.69 Å². The molecule has 0 saturated heterocycles. The molecule has 21 heavy (non-hydrogen) atoms. The third kappa shape index (κ3) is 3.69. The Balaban J connectivity index is 2.22. The number of carbonyl (C=O) groups excluding carboxylic acids is 1.